The fourth-order valence-corrected chi connectivity index (χ4v) is 6.16. The highest BCUT2D eigenvalue weighted by Gasteiger charge is 2.21. The van der Waals surface area contributed by atoms with Gasteiger partial charge in [0.2, 0.25) is 0 Å². The quantitative estimate of drug-likeness (QED) is 0.211. The fourth-order valence-electron chi connectivity index (χ4n) is 4.41. The molecule has 5 rings (SSSR count). The van der Waals surface area contributed by atoms with Gasteiger partial charge in [0, 0.05) is 41.0 Å². The lowest BCUT2D eigenvalue weighted by Gasteiger charge is -2.14. The van der Waals surface area contributed by atoms with E-state index in [0.717, 1.165) is 48.5 Å². The summed E-state index contributed by atoms with van der Waals surface area (Å²) in [5.41, 5.74) is 3.89. The monoisotopic (exact) mass is 497 g/mol. The number of hydrogen-bond donors (Lipinski definition) is 1. The number of H-pyrrole nitrogens is 1. The number of carbonyl (C=O) groups excluding carboxylic acids is 1. The zero-order valence-electron chi connectivity index (χ0n) is 18.9. The van der Waals surface area contributed by atoms with E-state index >= 15 is 0 Å². The molecule has 0 amide bonds. The molecular weight excluding hydrogens is 473 g/mol. The third-order valence-corrected chi connectivity index (χ3v) is 7.95. The number of ketones is 1. The smallest absolute Gasteiger partial charge is 0.260 e. The lowest BCUT2D eigenvalue weighted by molar-refractivity contribution is 0.0957. The number of nitrogens with one attached hydrogen (secondary N) is 1. The molecule has 1 aliphatic rings. The molecule has 1 fully saturated rings. The van der Waals surface area contributed by atoms with Crippen LogP contribution in [-0.4, -0.2) is 38.8 Å². The molecular formula is C25H24FN3O3S2. The van der Waals surface area contributed by atoms with Gasteiger partial charge in [-0.05, 0) is 50.5 Å². The molecule has 1 N–H and O–H groups in total. The lowest BCUT2D eigenvalue weighted by Crippen LogP contribution is -2.17. The Morgan fingerprint density at radius 1 is 1.32 bits per heavy atom. The van der Waals surface area contributed by atoms with Crippen LogP contribution < -0.4 is 5.56 Å². The van der Waals surface area contributed by atoms with Gasteiger partial charge in [0.05, 0.1) is 17.2 Å². The zero-order chi connectivity index (χ0) is 23.8. The number of aromatic amines is 1. The highest BCUT2D eigenvalue weighted by molar-refractivity contribution is 7.99. The molecule has 1 saturated heterocycles. The van der Waals surface area contributed by atoms with Crippen LogP contribution in [0, 0.1) is 19.7 Å². The van der Waals surface area contributed by atoms with Crippen LogP contribution >= 0.6 is 23.1 Å². The largest absolute Gasteiger partial charge is 0.376 e. The van der Waals surface area contributed by atoms with Gasteiger partial charge >= 0.3 is 0 Å². The summed E-state index contributed by atoms with van der Waals surface area (Å²) in [6.45, 7) is 5.54. The number of rotatable bonds is 7. The van der Waals surface area contributed by atoms with Gasteiger partial charge in [0.1, 0.15) is 10.6 Å². The van der Waals surface area contributed by atoms with Crippen molar-refractivity contribution < 1.29 is 13.9 Å². The molecule has 1 unspecified atom stereocenters. The summed E-state index contributed by atoms with van der Waals surface area (Å²) in [6, 6.07) is 7.96. The van der Waals surface area contributed by atoms with E-state index in [1.54, 1.807) is 12.1 Å². The molecule has 1 aliphatic heterocycles. The Morgan fingerprint density at radius 2 is 2.12 bits per heavy atom. The van der Waals surface area contributed by atoms with E-state index in [0.29, 0.717) is 20.9 Å². The summed E-state index contributed by atoms with van der Waals surface area (Å²) in [4.78, 5) is 33.8. The second-order valence-electron chi connectivity index (χ2n) is 8.45. The Kier molecular flexibility index (Phi) is 6.42. The summed E-state index contributed by atoms with van der Waals surface area (Å²) in [5, 5.41) is 2.74. The molecule has 0 spiro atoms. The van der Waals surface area contributed by atoms with Crippen molar-refractivity contribution in [2.75, 3.05) is 12.4 Å². The Labute approximate surface area is 204 Å². The summed E-state index contributed by atoms with van der Waals surface area (Å²) in [6.07, 6.45) is 2.33. The van der Waals surface area contributed by atoms with E-state index in [2.05, 4.69) is 14.5 Å². The number of benzene rings is 1. The number of ether oxygens (including phenoxy) is 1. The van der Waals surface area contributed by atoms with Gasteiger partial charge in [-0.25, -0.2) is 9.37 Å². The minimum atomic E-state index is -0.327. The van der Waals surface area contributed by atoms with Gasteiger partial charge in [0.25, 0.3) is 5.56 Å². The molecule has 4 aromatic rings. The van der Waals surface area contributed by atoms with Crippen molar-refractivity contribution in [2.45, 2.75) is 44.5 Å². The van der Waals surface area contributed by atoms with Gasteiger partial charge in [-0.1, -0.05) is 23.9 Å². The molecule has 0 radical (unpaired) electrons. The van der Waals surface area contributed by atoms with E-state index in [1.165, 1.54) is 35.2 Å². The van der Waals surface area contributed by atoms with E-state index < -0.39 is 0 Å². The van der Waals surface area contributed by atoms with Crippen LogP contribution in [0.15, 0.2) is 45.7 Å². The maximum Gasteiger partial charge on any atom is 0.260 e. The molecule has 9 heteroatoms. The first-order chi connectivity index (χ1) is 16.4. The van der Waals surface area contributed by atoms with Crippen molar-refractivity contribution in [3.8, 4) is 11.1 Å². The van der Waals surface area contributed by atoms with Gasteiger partial charge in [-0.15, -0.1) is 11.3 Å². The van der Waals surface area contributed by atoms with Crippen LogP contribution in [0.3, 0.4) is 0 Å². The molecule has 0 aliphatic carbocycles. The van der Waals surface area contributed by atoms with Crippen LogP contribution in [0.1, 0.15) is 34.6 Å². The number of halogens is 1. The van der Waals surface area contributed by atoms with Gasteiger partial charge in [-0.2, -0.15) is 0 Å². The number of hydrogen-bond acceptors (Lipinski definition) is 6. The normalized spacial score (nSPS) is 15.9. The lowest BCUT2D eigenvalue weighted by atomic mass is 10.1. The number of nitrogens with zero attached hydrogens (tertiary/aromatic N) is 2. The number of thiophene rings is 1. The fraction of sp³-hybridized carbons (Fsp3) is 0.320. The maximum absolute atomic E-state index is 13.3. The Morgan fingerprint density at radius 3 is 2.85 bits per heavy atom. The Bertz CT molecular complexity index is 1420. The van der Waals surface area contributed by atoms with Crippen molar-refractivity contribution in [3.63, 3.8) is 0 Å². The number of Topliss-reactive ketones (excluding diaryl/α,β-unsaturated/α-hetero) is 1. The van der Waals surface area contributed by atoms with Crippen LogP contribution in [0.5, 0.6) is 0 Å². The molecule has 6 nitrogen and oxygen atoms in total. The number of aryl methyl sites for hydroxylation is 1. The SMILES string of the molecule is Cc1cc(C(=O)CSc2nc3scc(-c4ccc(F)cc4)c3c(=O)[nH]2)c(C)n1CC1CCCO1. The minimum Gasteiger partial charge on any atom is -0.376 e. The molecule has 176 valence electrons. The number of aromatic nitrogens is 3. The first-order valence-electron chi connectivity index (χ1n) is 11.1. The molecule has 4 heterocycles. The summed E-state index contributed by atoms with van der Waals surface area (Å²) in [7, 11) is 0. The van der Waals surface area contributed by atoms with Gasteiger partial charge in [-0.3, -0.25) is 9.59 Å². The average Bonchev–Trinajstić information content (AvgIpc) is 3.55. The van der Waals surface area contributed by atoms with Crippen LogP contribution in [0.2, 0.25) is 0 Å². The van der Waals surface area contributed by atoms with Crippen molar-refractivity contribution in [3.05, 3.63) is 68.8 Å². The highest BCUT2D eigenvalue weighted by Crippen LogP contribution is 2.32. The predicted octanol–water partition coefficient (Wildman–Crippen LogP) is 5.36. The van der Waals surface area contributed by atoms with Crippen molar-refractivity contribution >= 4 is 39.1 Å². The predicted molar refractivity (Wildman–Crippen MR) is 134 cm³/mol. The zero-order valence-corrected chi connectivity index (χ0v) is 20.5. The maximum atomic E-state index is 13.3. The first-order valence-corrected chi connectivity index (χ1v) is 13.0. The van der Waals surface area contributed by atoms with Crippen molar-refractivity contribution in [1.29, 1.82) is 0 Å². The van der Waals surface area contributed by atoms with E-state index in [4.69, 9.17) is 4.74 Å². The van der Waals surface area contributed by atoms with Crippen LogP contribution in [0.25, 0.3) is 21.3 Å². The van der Waals surface area contributed by atoms with Crippen LogP contribution in [-0.2, 0) is 11.3 Å². The van der Waals surface area contributed by atoms with Gasteiger partial charge in [0.15, 0.2) is 10.9 Å². The summed E-state index contributed by atoms with van der Waals surface area (Å²) < 4.78 is 21.2. The van der Waals surface area contributed by atoms with E-state index in [9.17, 15) is 14.0 Å². The molecule has 0 saturated carbocycles. The van der Waals surface area contributed by atoms with E-state index in [1.807, 2.05) is 25.3 Å². The van der Waals surface area contributed by atoms with E-state index in [-0.39, 0.29) is 29.0 Å². The van der Waals surface area contributed by atoms with Crippen LogP contribution in [0.4, 0.5) is 4.39 Å². The number of carbonyl (C=O) groups is 1. The average molecular weight is 498 g/mol. The second kappa shape index (κ2) is 9.48. The topological polar surface area (TPSA) is 77.0 Å². The number of fused-ring (bicyclic) bond motifs is 1. The Hall–Kier alpha value is -2.75. The Balaban J connectivity index is 1.33. The minimum absolute atomic E-state index is 0.00221. The molecule has 1 aromatic carbocycles. The van der Waals surface area contributed by atoms with Gasteiger partial charge < -0.3 is 14.3 Å². The molecule has 1 atom stereocenters. The van der Waals surface area contributed by atoms with Crippen molar-refractivity contribution in [1.82, 2.24) is 14.5 Å². The molecule has 34 heavy (non-hydrogen) atoms. The third-order valence-electron chi connectivity index (χ3n) is 6.20. The first kappa shape index (κ1) is 23.0. The summed E-state index contributed by atoms with van der Waals surface area (Å²) >= 11 is 2.58. The highest BCUT2D eigenvalue weighted by atomic mass is 32.2. The number of thioether (sulfide) groups is 1. The summed E-state index contributed by atoms with van der Waals surface area (Å²) in [5.74, 6) is -0.154. The second-order valence-corrected chi connectivity index (χ2v) is 10.3. The standard InChI is InChI=1S/C25H24FN3O3S2/c1-14-10-19(15(2)29(14)11-18-4-3-9-32-18)21(30)13-34-25-27-23(31)22-20(12-33-24(22)28-25)16-5-7-17(26)8-6-16/h5-8,10,12,18H,3-4,9,11,13H2,1-2H3,(H,27,28,31). The molecule has 0 bridgehead atoms. The van der Waals surface area contributed by atoms with Crippen molar-refractivity contribution in [2.24, 2.45) is 0 Å². The molecule has 3 aromatic heterocycles. The third kappa shape index (κ3) is 4.47.